The Morgan fingerprint density at radius 3 is 2.33 bits per heavy atom. The number of nitrogens with zero attached hydrogens (tertiary/aromatic N) is 4. The third-order valence-electron chi connectivity index (χ3n) is 7.79. The number of benzene rings is 2. The average Bonchev–Trinajstić information content (AvgIpc) is 3.32. The molecule has 3 heterocycles. The number of fused-ring (bicyclic) bond motifs is 2. The Morgan fingerprint density at radius 2 is 1.71 bits per heavy atom. The van der Waals surface area contributed by atoms with Crippen LogP contribution in [0.2, 0.25) is 5.28 Å². The van der Waals surface area contributed by atoms with Crippen LogP contribution in [0, 0.1) is 5.92 Å². The number of hydrogen-bond donors (Lipinski definition) is 2. The topological polar surface area (TPSA) is 170 Å². The number of ether oxygens (including phenoxy) is 5. The van der Waals surface area contributed by atoms with E-state index in [1.165, 1.54) is 10.9 Å². The van der Waals surface area contributed by atoms with Gasteiger partial charge in [0.25, 0.3) is 5.60 Å². The summed E-state index contributed by atoms with van der Waals surface area (Å²) in [4.78, 5) is 39.3. The summed E-state index contributed by atoms with van der Waals surface area (Å²) in [5, 5.41) is 11.2. The molecule has 0 spiro atoms. The Balaban J connectivity index is 1.21. The number of halogens is 1. The number of carbonyl (C=O) groups excluding carboxylic acids is 2. The van der Waals surface area contributed by atoms with Crippen LogP contribution in [0.15, 0.2) is 60.9 Å². The molecule has 5 atom stereocenters. The summed E-state index contributed by atoms with van der Waals surface area (Å²) in [6.07, 6.45) is -2.20. The molecule has 45 heavy (non-hydrogen) atoms. The Kier molecular flexibility index (Phi) is 8.60. The Morgan fingerprint density at radius 1 is 1.02 bits per heavy atom. The SMILES string of the molecule is CCOC(=O)C(Cc1ccc(OCc2ccccc2)cc1)(OC1C2[C@@H]1O[C@@H](n1cnc3c(N)nc(Cl)nc31)[C@@H]2O)C(=O)OCC. The maximum absolute atomic E-state index is 13.5. The predicted molar refractivity (Wildman–Crippen MR) is 160 cm³/mol. The van der Waals surface area contributed by atoms with Crippen molar-refractivity contribution in [3.63, 3.8) is 0 Å². The first-order chi connectivity index (χ1) is 21.8. The molecule has 0 bridgehead atoms. The number of carbonyl (C=O) groups is 2. The van der Waals surface area contributed by atoms with Crippen LogP contribution < -0.4 is 10.5 Å². The van der Waals surface area contributed by atoms with E-state index in [0.717, 1.165) is 5.56 Å². The van der Waals surface area contributed by atoms with E-state index in [1.54, 1.807) is 38.1 Å². The molecule has 1 saturated carbocycles. The third-order valence-corrected chi connectivity index (χ3v) is 7.96. The number of anilines is 1. The molecule has 2 aliphatic rings. The standard InChI is InChI=1S/C31H32ClN5O8/c1-3-41-28(39)31(29(40)42-4-2,14-17-10-12-19(13-11-17)43-15-18-8-6-5-7-9-18)45-24-20-22(38)27(44-23(20)24)37-16-34-21-25(33)35-30(32)36-26(21)37/h5-13,16,20,22-24,27,38H,3-4,14-15H2,1-2H3,(H2,33,35,36)/t20?,22-,23+,24?,27-/m1/s1. The molecule has 3 N–H and O–H groups in total. The Bertz CT molecular complexity index is 1670. The molecule has 2 fully saturated rings. The normalized spacial score (nSPS) is 22.2. The third kappa shape index (κ3) is 5.91. The van der Waals surface area contributed by atoms with Gasteiger partial charge in [0.15, 0.2) is 17.7 Å². The van der Waals surface area contributed by atoms with Crippen LogP contribution in [0.5, 0.6) is 5.75 Å². The molecule has 14 heteroatoms. The van der Waals surface area contributed by atoms with Gasteiger partial charge in [0.2, 0.25) is 5.28 Å². The van der Waals surface area contributed by atoms with Crippen molar-refractivity contribution in [3.05, 3.63) is 77.3 Å². The summed E-state index contributed by atoms with van der Waals surface area (Å²) in [6, 6.07) is 16.7. The molecule has 236 valence electrons. The lowest BCUT2D eigenvalue weighted by atomic mass is 9.93. The van der Waals surface area contributed by atoms with Gasteiger partial charge < -0.3 is 34.5 Å². The van der Waals surface area contributed by atoms with Crippen molar-refractivity contribution in [1.82, 2.24) is 19.5 Å². The molecule has 2 aromatic carbocycles. The highest BCUT2D eigenvalue weighted by Gasteiger charge is 2.69. The zero-order valence-corrected chi connectivity index (χ0v) is 25.3. The molecule has 0 amide bonds. The van der Waals surface area contributed by atoms with Gasteiger partial charge in [-0.3, -0.25) is 4.57 Å². The predicted octanol–water partition coefficient (Wildman–Crippen LogP) is 3.02. The van der Waals surface area contributed by atoms with Crippen molar-refractivity contribution in [2.75, 3.05) is 18.9 Å². The molecular formula is C31H32ClN5O8. The maximum Gasteiger partial charge on any atom is 0.350 e. The largest absolute Gasteiger partial charge is 0.489 e. The van der Waals surface area contributed by atoms with Gasteiger partial charge in [0.1, 0.15) is 24.0 Å². The van der Waals surface area contributed by atoms with Crippen molar-refractivity contribution in [3.8, 4) is 5.75 Å². The zero-order chi connectivity index (χ0) is 31.7. The van der Waals surface area contributed by atoms with Crippen LogP contribution >= 0.6 is 11.6 Å². The van der Waals surface area contributed by atoms with E-state index >= 15 is 0 Å². The van der Waals surface area contributed by atoms with E-state index in [2.05, 4.69) is 15.0 Å². The van der Waals surface area contributed by atoms with Crippen LogP contribution in [0.3, 0.4) is 0 Å². The first-order valence-corrected chi connectivity index (χ1v) is 14.9. The Labute approximate surface area is 263 Å². The van der Waals surface area contributed by atoms with Gasteiger partial charge in [-0.15, -0.1) is 0 Å². The number of aliphatic hydroxyl groups is 1. The second-order valence-electron chi connectivity index (χ2n) is 10.7. The van der Waals surface area contributed by atoms with E-state index in [1.807, 2.05) is 30.3 Å². The highest BCUT2D eigenvalue weighted by atomic mass is 35.5. The second-order valence-corrected chi connectivity index (χ2v) is 11.0. The van der Waals surface area contributed by atoms with Crippen LogP contribution in [-0.4, -0.2) is 73.7 Å². The van der Waals surface area contributed by atoms with Gasteiger partial charge in [-0.25, -0.2) is 14.6 Å². The summed E-state index contributed by atoms with van der Waals surface area (Å²) in [5.74, 6) is -1.66. The molecule has 6 rings (SSSR count). The number of nitrogens with two attached hydrogens (primary N) is 1. The van der Waals surface area contributed by atoms with Gasteiger partial charge in [0, 0.05) is 12.3 Å². The number of hydrogen-bond acceptors (Lipinski definition) is 12. The molecule has 1 aliphatic carbocycles. The van der Waals surface area contributed by atoms with Gasteiger partial charge in [-0.05, 0) is 48.7 Å². The number of esters is 2. The monoisotopic (exact) mass is 637 g/mol. The van der Waals surface area contributed by atoms with Gasteiger partial charge in [0.05, 0.1) is 31.7 Å². The van der Waals surface area contributed by atoms with Crippen LogP contribution in [0.1, 0.15) is 31.2 Å². The van der Waals surface area contributed by atoms with Gasteiger partial charge in [-0.1, -0.05) is 42.5 Å². The summed E-state index contributed by atoms with van der Waals surface area (Å²) in [7, 11) is 0. The lowest BCUT2D eigenvalue weighted by molar-refractivity contribution is -0.199. The fraction of sp³-hybridized carbons (Fsp3) is 0.387. The van der Waals surface area contributed by atoms with E-state index in [0.29, 0.717) is 29.1 Å². The highest BCUT2D eigenvalue weighted by Crippen LogP contribution is 2.53. The van der Waals surface area contributed by atoms with Crippen molar-refractivity contribution in [1.29, 1.82) is 0 Å². The molecule has 1 saturated heterocycles. The molecule has 0 radical (unpaired) electrons. The molecular weight excluding hydrogens is 606 g/mol. The summed E-state index contributed by atoms with van der Waals surface area (Å²) >= 11 is 5.99. The van der Waals surface area contributed by atoms with Crippen LogP contribution in [0.4, 0.5) is 5.82 Å². The summed E-state index contributed by atoms with van der Waals surface area (Å²) in [5.41, 5.74) is 5.99. The molecule has 2 aromatic heterocycles. The number of aromatic nitrogens is 4. The maximum atomic E-state index is 13.5. The molecule has 13 nitrogen and oxygen atoms in total. The molecule has 4 aromatic rings. The first-order valence-electron chi connectivity index (χ1n) is 14.5. The van der Waals surface area contributed by atoms with Crippen LogP contribution in [0.25, 0.3) is 11.2 Å². The van der Waals surface area contributed by atoms with Crippen LogP contribution in [-0.2, 0) is 41.6 Å². The number of rotatable bonds is 12. The van der Waals surface area contributed by atoms with Crippen molar-refractivity contribution < 1.29 is 38.4 Å². The highest BCUT2D eigenvalue weighted by molar-refractivity contribution is 6.28. The van der Waals surface area contributed by atoms with E-state index in [9.17, 15) is 14.7 Å². The number of imidazole rings is 1. The minimum atomic E-state index is -2.15. The smallest absolute Gasteiger partial charge is 0.350 e. The zero-order valence-electron chi connectivity index (χ0n) is 24.5. The Hall–Kier alpha value is -4.30. The fourth-order valence-electron chi connectivity index (χ4n) is 5.56. The lowest BCUT2D eigenvalue weighted by Crippen LogP contribution is -2.54. The van der Waals surface area contributed by atoms with Gasteiger partial charge >= 0.3 is 11.9 Å². The van der Waals surface area contributed by atoms with Crippen molar-refractivity contribution >= 4 is 40.5 Å². The van der Waals surface area contributed by atoms with Gasteiger partial charge in [-0.2, -0.15) is 9.97 Å². The lowest BCUT2D eigenvalue weighted by Gasteiger charge is -2.31. The quantitative estimate of drug-likeness (QED) is 0.132. The van der Waals surface area contributed by atoms with E-state index in [4.69, 9.17) is 41.0 Å². The summed E-state index contributed by atoms with van der Waals surface area (Å²) in [6.45, 7) is 3.67. The number of nitrogen functional groups attached to an aromatic ring is 1. The molecule has 2 unspecified atom stereocenters. The van der Waals surface area contributed by atoms with E-state index in [-0.39, 0.29) is 30.7 Å². The second kappa shape index (κ2) is 12.6. The van der Waals surface area contributed by atoms with Crippen molar-refractivity contribution in [2.24, 2.45) is 5.92 Å². The summed E-state index contributed by atoms with van der Waals surface area (Å²) < 4.78 is 30.5. The minimum Gasteiger partial charge on any atom is -0.489 e. The first kappa shape index (κ1) is 30.7. The van der Waals surface area contributed by atoms with Crippen molar-refractivity contribution in [2.45, 2.75) is 57.0 Å². The molecule has 1 aliphatic heterocycles. The number of aliphatic hydroxyl groups excluding tert-OH is 1. The fourth-order valence-corrected chi connectivity index (χ4v) is 5.74. The average molecular weight is 638 g/mol. The van der Waals surface area contributed by atoms with E-state index < -0.39 is 48.0 Å². The minimum absolute atomic E-state index is 0.00951.